The van der Waals surface area contributed by atoms with Gasteiger partial charge in [-0.2, -0.15) is 0 Å². The second kappa shape index (κ2) is 6.76. The average molecular weight is 269 g/mol. The molecule has 4 heteroatoms. The first-order valence-corrected chi connectivity index (χ1v) is 6.65. The highest BCUT2D eigenvalue weighted by atomic mass is 35.5. The summed E-state index contributed by atoms with van der Waals surface area (Å²) in [5.74, 6) is 0.0633. The Morgan fingerprint density at radius 2 is 2.11 bits per heavy atom. The van der Waals surface area contributed by atoms with Gasteiger partial charge in [-0.1, -0.05) is 44.0 Å². The Labute approximate surface area is 114 Å². The molecule has 3 nitrogen and oxygen atoms in total. The molecule has 1 aromatic rings. The van der Waals surface area contributed by atoms with Crippen LogP contribution in [0, 0.1) is 5.92 Å². The molecule has 1 aromatic carbocycles. The lowest BCUT2D eigenvalue weighted by Gasteiger charge is -2.21. The minimum absolute atomic E-state index is 0.0914. The van der Waals surface area contributed by atoms with Gasteiger partial charge in [0.2, 0.25) is 5.91 Å². The van der Waals surface area contributed by atoms with E-state index in [9.17, 15) is 4.79 Å². The van der Waals surface area contributed by atoms with Gasteiger partial charge >= 0.3 is 0 Å². The summed E-state index contributed by atoms with van der Waals surface area (Å²) in [6.07, 6.45) is 0.889. The van der Waals surface area contributed by atoms with Crippen molar-refractivity contribution < 1.29 is 4.79 Å². The normalized spacial score (nSPS) is 15.8. The fraction of sp³-hybridized carbons (Fsp3) is 0.500. The fourth-order valence-electron chi connectivity index (χ4n) is 1.68. The fourth-order valence-corrected chi connectivity index (χ4v) is 1.88. The number of rotatable bonds is 5. The molecule has 1 amide bonds. The summed E-state index contributed by atoms with van der Waals surface area (Å²) in [7, 11) is 0. The molecular formula is C14H21ClN2O. The van der Waals surface area contributed by atoms with E-state index in [0.717, 1.165) is 12.0 Å². The molecule has 0 aliphatic carbocycles. The van der Waals surface area contributed by atoms with Gasteiger partial charge in [-0.15, -0.1) is 0 Å². The van der Waals surface area contributed by atoms with Crippen molar-refractivity contribution in [3.05, 3.63) is 34.9 Å². The molecule has 0 bridgehead atoms. The summed E-state index contributed by atoms with van der Waals surface area (Å²) >= 11 is 5.92. The van der Waals surface area contributed by atoms with Crippen LogP contribution in [-0.2, 0) is 4.79 Å². The van der Waals surface area contributed by atoms with Crippen molar-refractivity contribution >= 4 is 17.5 Å². The Bertz CT molecular complexity index is 409. The molecule has 100 valence electrons. The van der Waals surface area contributed by atoms with E-state index in [1.165, 1.54) is 0 Å². The van der Waals surface area contributed by atoms with Crippen LogP contribution in [0.2, 0.25) is 5.02 Å². The average Bonchev–Trinajstić information content (AvgIpc) is 2.36. The summed E-state index contributed by atoms with van der Waals surface area (Å²) in [6, 6.07) is 6.91. The Kier molecular flexibility index (Phi) is 5.63. The van der Waals surface area contributed by atoms with Gasteiger partial charge in [0, 0.05) is 5.02 Å². The van der Waals surface area contributed by atoms with Crippen molar-refractivity contribution in [1.29, 1.82) is 0 Å². The molecule has 0 saturated carbocycles. The number of hydrogen-bond acceptors (Lipinski definition) is 2. The third kappa shape index (κ3) is 4.00. The number of halogens is 1. The van der Waals surface area contributed by atoms with Gasteiger partial charge in [-0.3, -0.25) is 4.79 Å². The van der Waals surface area contributed by atoms with E-state index in [-0.39, 0.29) is 17.9 Å². The van der Waals surface area contributed by atoms with Gasteiger partial charge in [-0.25, -0.2) is 0 Å². The van der Waals surface area contributed by atoms with Crippen LogP contribution in [0.1, 0.15) is 38.8 Å². The Morgan fingerprint density at radius 1 is 1.44 bits per heavy atom. The molecule has 2 unspecified atom stereocenters. The maximum absolute atomic E-state index is 11.9. The van der Waals surface area contributed by atoms with Crippen LogP contribution >= 0.6 is 11.6 Å². The van der Waals surface area contributed by atoms with Gasteiger partial charge in [0.15, 0.2) is 0 Å². The maximum Gasteiger partial charge on any atom is 0.237 e. The van der Waals surface area contributed by atoms with Gasteiger partial charge in [0.05, 0.1) is 12.1 Å². The molecule has 1 rings (SSSR count). The van der Waals surface area contributed by atoms with Crippen LogP contribution in [0.4, 0.5) is 0 Å². The third-order valence-corrected chi connectivity index (χ3v) is 3.50. The van der Waals surface area contributed by atoms with E-state index in [1.807, 2.05) is 45.0 Å². The quantitative estimate of drug-likeness (QED) is 0.863. The highest BCUT2D eigenvalue weighted by Gasteiger charge is 2.21. The molecule has 3 N–H and O–H groups in total. The van der Waals surface area contributed by atoms with Crippen molar-refractivity contribution in [3.8, 4) is 0 Å². The smallest absolute Gasteiger partial charge is 0.237 e. The molecule has 0 spiro atoms. The van der Waals surface area contributed by atoms with Crippen LogP contribution in [0.15, 0.2) is 24.3 Å². The molecular weight excluding hydrogens is 248 g/mol. The van der Waals surface area contributed by atoms with Crippen molar-refractivity contribution in [2.24, 2.45) is 11.7 Å². The maximum atomic E-state index is 11.9. The Hall–Kier alpha value is -1.06. The molecule has 18 heavy (non-hydrogen) atoms. The number of amides is 1. The van der Waals surface area contributed by atoms with E-state index in [4.69, 9.17) is 17.3 Å². The Balaban J connectivity index is 2.65. The number of nitrogens with one attached hydrogen (secondary N) is 1. The summed E-state index contributed by atoms with van der Waals surface area (Å²) in [5, 5.41) is 3.58. The summed E-state index contributed by atoms with van der Waals surface area (Å²) in [5.41, 5.74) is 6.87. The molecule has 0 fully saturated rings. The lowest BCUT2D eigenvalue weighted by atomic mass is 9.98. The van der Waals surface area contributed by atoms with Crippen molar-refractivity contribution in [1.82, 2.24) is 5.32 Å². The minimum atomic E-state index is -0.461. The molecule has 0 aliphatic rings. The predicted octanol–water partition coefficient (Wildman–Crippen LogP) is 2.89. The zero-order valence-electron chi connectivity index (χ0n) is 11.1. The van der Waals surface area contributed by atoms with Crippen molar-refractivity contribution in [2.75, 3.05) is 0 Å². The van der Waals surface area contributed by atoms with E-state index < -0.39 is 6.04 Å². The van der Waals surface area contributed by atoms with E-state index in [2.05, 4.69) is 5.32 Å². The van der Waals surface area contributed by atoms with Gasteiger partial charge in [0.25, 0.3) is 0 Å². The largest absolute Gasteiger partial charge is 0.348 e. The minimum Gasteiger partial charge on any atom is -0.348 e. The monoisotopic (exact) mass is 268 g/mol. The third-order valence-electron chi connectivity index (χ3n) is 3.27. The second-order valence-electron chi connectivity index (χ2n) is 4.70. The first-order chi connectivity index (χ1) is 8.45. The van der Waals surface area contributed by atoms with E-state index in [0.29, 0.717) is 5.02 Å². The van der Waals surface area contributed by atoms with Crippen LogP contribution in [0.3, 0.4) is 0 Å². The molecule has 0 radical (unpaired) electrons. The molecule has 3 atom stereocenters. The lowest BCUT2D eigenvalue weighted by Crippen LogP contribution is -2.45. The van der Waals surface area contributed by atoms with Gasteiger partial charge in [-0.05, 0) is 30.5 Å². The first kappa shape index (κ1) is 15.0. The number of carbonyl (C=O) groups excluding carboxylic acids is 1. The van der Waals surface area contributed by atoms with E-state index >= 15 is 0 Å². The van der Waals surface area contributed by atoms with Crippen LogP contribution in [-0.4, -0.2) is 11.9 Å². The number of benzene rings is 1. The summed E-state index contributed by atoms with van der Waals surface area (Å²) in [4.78, 5) is 11.9. The Morgan fingerprint density at radius 3 is 2.67 bits per heavy atom. The first-order valence-electron chi connectivity index (χ1n) is 6.27. The van der Waals surface area contributed by atoms with Crippen LogP contribution < -0.4 is 11.1 Å². The molecule has 0 saturated heterocycles. The van der Waals surface area contributed by atoms with Crippen LogP contribution in [0.25, 0.3) is 0 Å². The van der Waals surface area contributed by atoms with Crippen LogP contribution in [0.5, 0.6) is 0 Å². The summed E-state index contributed by atoms with van der Waals surface area (Å²) in [6.45, 7) is 5.93. The predicted molar refractivity (Wildman–Crippen MR) is 75.4 cm³/mol. The molecule has 0 aromatic heterocycles. The highest BCUT2D eigenvalue weighted by molar-refractivity contribution is 6.30. The molecule has 0 aliphatic heterocycles. The zero-order chi connectivity index (χ0) is 13.7. The topological polar surface area (TPSA) is 55.1 Å². The summed E-state index contributed by atoms with van der Waals surface area (Å²) < 4.78 is 0. The molecule has 0 heterocycles. The highest BCUT2D eigenvalue weighted by Crippen LogP contribution is 2.17. The van der Waals surface area contributed by atoms with Gasteiger partial charge < -0.3 is 11.1 Å². The second-order valence-corrected chi connectivity index (χ2v) is 5.13. The number of nitrogens with two attached hydrogens (primary N) is 1. The van der Waals surface area contributed by atoms with E-state index in [1.54, 1.807) is 0 Å². The van der Waals surface area contributed by atoms with Crippen molar-refractivity contribution in [3.63, 3.8) is 0 Å². The van der Waals surface area contributed by atoms with Gasteiger partial charge in [0.1, 0.15) is 0 Å². The standard InChI is InChI=1S/C14H21ClN2O/c1-4-9(2)13(16)14(18)17-10(3)11-6-5-7-12(15)8-11/h5-10,13H,4,16H2,1-3H3,(H,17,18)/t9?,10-,13?/m0/s1. The number of hydrogen-bond donors (Lipinski definition) is 2. The lowest BCUT2D eigenvalue weighted by molar-refractivity contribution is -0.124. The van der Waals surface area contributed by atoms with Crippen molar-refractivity contribution in [2.45, 2.75) is 39.3 Å². The number of carbonyl (C=O) groups is 1. The zero-order valence-corrected chi connectivity index (χ0v) is 11.9. The SMILES string of the molecule is CCC(C)C(N)C(=O)N[C@@H](C)c1cccc(Cl)c1.